The van der Waals surface area contributed by atoms with Crippen LogP contribution in [0.3, 0.4) is 0 Å². The first-order valence-corrected chi connectivity index (χ1v) is 8.27. The molecule has 2 N–H and O–H groups in total. The van der Waals surface area contributed by atoms with E-state index in [1.54, 1.807) is 42.6 Å². The molecule has 0 saturated carbocycles. The Balaban J connectivity index is 1.66. The van der Waals surface area contributed by atoms with Gasteiger partial charge in [0, 0.05) is 30.2 Å². The number of benzene rings is 2. The lowest BCUT2D eigenvalue weighted by atomic mass is 10.1. The van der Waals surface area contributed by atoms with Crippen LogP contribution < -0.4 is 10.6 Å². The average molecular weight is 345 g/mol. The number of rotatable bonds is 5. The van der Waals surface area contributed by atoms with Crippen LogP contribution in [-0.4, -0.2) is 16.8 Å². The number of carbonyl (C=O) groups excluding carboxylic acids is 2. The fourth-order valence-corrected chi connectivity index (χ4v) is 2.52. The minimum Gasteiger partial charge on any atom is -0.348 e. The Labute approximate surface area is 152 Å². The van der Waals surface area contributed by atoms with Crippen LogP contribution in [0.2, 0.25) is 0 Å². The molecule has 130 valence electrons. The van der Waals surface area contributed by atoms with Gasteiger partial charge in [-0.05, 0) is 48.4 Å². The lowest BCUT2D eigenvalue weighted by molar-refractivity contribution is 0.0949. The van der Waals surface area contributed by atoms with Crippen LogP contribution in [0.5, 0.6) is 0 Å². The minimum absolute atomic E-state index is 0.189. The van der Waals surface area contributed by atoms with E-state index in [0.29, 0.717) is 23.4 Å². The van der Waals surface area contributed by atoms with E-state index >= 15 is 0 Å². The largest absolute Gasteiger partial charge is 0.348 e. The van der Waals surface area contributed by atoms with Crippen molar-refractivity contribution in [2.75, 3.05) is 5.32 Å². The number of pyridine rings is 1. The molecule has 5 heteroatoms. The summed E-state index contributed by atoms with van der Waals surface area (Å²) in [7, 11) is 0. The summed E-state index contributed by atoms with van der Waals surface area (Å²) >= 11 is 0. The second-order valence-electron chi connectivity index (χ2n) is 5.89. The van der Waals surface area contributed by atoms with Gasteiger partial charge in [0.15, 0.2) is 0 Å². The molecular weight excluding hydrogens is 326 g/mol. The monoisotopic (exact) mass is 345 g/mol. The van der Waals surface area contributed by atoms with Crippen molar-refractivity contribution in [1.29, 1.82) is 0 Å². The Kier molecular flexibility index (Phi) is 5.39. The standard InChI is InChI=1S/C21H19N3O2/c1-15-6-2-3-7-17(15)14-23-20(25)16-8-4-10-19(12-16)24-21(26)18-9-5-11-22-13-18/h2-13H,14H2,1H3,(H,23,25)(H,24,26). The third-order valence-corrected chi connectivity index (χ3v) is 4.01. The highest BCUT2D eigenvalue weighted by Gasteiger charge is 2.09. The fourth-order valence-electron chi connectivity index (χ4n) is 2.52. The molecule has 2 aromatic carbocycles. The molecule has 0 aliphatic rings. The van der Waals surface area contributed by atoms with Gasteiger partial charge in [-0.1, -0.05) is 30.3 Å². The number of nitrogens with zero attached hydrogens (tertiary/aromatic N) is 1. The third kappa shape index (κ3) is 4.33. The number of aromatic nitrogens is 1. The molecule has 0 spiro atoms. The van der Waals surface area contributed by atoms with E-state index in [2.05, 4.69) is 15.6 Å². The Hall–Kier alpha value is -3.47. The average Bonchev–Trinajstić information content (AvgIpc) is 2.68. The van der Waals surface area contributed by atoms with Crippen molar-refractivity contribution in [1.82, 2.24) is 10.3 Å². The second-order valence-corrected chi connectivity index (χ2v) is 5.89. The maximum atomic E-state index is 12.4. The molecule has 1 heterocycles. The van der Waals surface area contributed by atoms with Crippen LogP contribution in [0.15, 0.2) is 73.1 Å². The number of carbonyl (C=O) groups is 2. The Morgan fingerprint density at radius 1 is 0.923 bits per heavy atom. The van der Waals surface area contributed by atoms with E-state index in [-0.39, 0.29) is 11.8 Å². The molecule has 1 aromatic heterocycles. The first-order chi connectivity index (χ1) is 12.6. The fraction of sp³-hybridized carbons (Fsp3) is 0.0952. The number of nitrogens with one attached hydrogen (secondary N) is 2. The first kappa shape index (κ1) is 17.4. The highest BCUT2D eigenvalue weighted by Crippen LogP contribution is 2.13. The van der Waals surface area contributed by atoms with Gasteiger partial charge in [0.1, 0.15) is 0 Å². The molecule has 3 aromatic rings. The van der Waals surface area contributed by atoms with Gasteiger partial charge < -0.3 is 10.6 Å². The summed E-state index contributed by atoms with van der Waals surface area (Å²) in [4.78, 5) is 28.5. The predicted molar refractivity (Wildman–Crippen MR) is 101 cm³/mol. The van der Waals surface area contributed by atoms with Crippen LogP contribution in [0.4, 0.5) is 5.69 Å². The summed E-state index contributed by atoms with van der Waals surface area (Å²) in [6, 6.07) is 18.1. The van der Waals surface area contributed by atoms with Gasteiger partial charge in [-0.3, -0.25) is 14.6 Å². The Morgan fingerprint density at radius 2 is 1.73 bits per heavy atom. The van der Waals surface area contributed by atoms with E-state index in [1.165, 1.54) is 6.20 Å². The van der Waals surface area contributed by atoms with E-state index in [0.717, 1.165) is 11.1 Å². The van der Waals surface area contributed by atoms with Gasteiger partial charge in [0.05, 0.1) is 5.56 Å². The lowest BCUT2D eigenvalue weighted by Crippen LogP contribution is -2.23. The van der Waals surface area contributed by atoms with Crippen molar-refractivity contribution >= 4 is 17.5 Å². The molecule has 5 nitrogen and oxygen atoms in total. The second kappa shape index (κ2) is 8.07. The number of aryl methyl sites for hydroxylation is 1. The molecule has 0 unspecified atom stereocenters. The van der Waals surface area contributed by atoms with Crippen molar-refractivity contribution in [3.63, 3.8) is 0 Å². The molecule has 0 radical (unpaired) electrons. The predicted octanol–water partition coefficient (Wildman–Crippen LogP) is 3.57. The third-order valence-electron chi connectivity index (χ3n) is 4.01. The lowest BCUT2D eigenvalue weighted by Gasteiger charge is -2.10. The summed E-state index contributed by atoms with van der Waals surface area (Å²) in [5, 5.41) is 5.68. The van der Waals surface area contributed by atoms with E-state index in [4.69, 9.17) is 0 Å². The molecule has 0 bridgehead atoms. The number of amides is 2. The summed E-state index contributed by atoms with van der Waals surface area (Å²) < 4.78 is 0. The molecule has 26 heavy (non-hydrogen) atoms. The van der Waals surface area contributed by atoms with Gasteiger partial charge in [-0.25, -0.2) is 0 Å². The van der Waals surface area contributed by atoms with Crippen molar-refractivity contribution in [2.24, 2.45) is 0 Å². The van der Waals surface area contributed by atoms with Gasteiger partial charge in [-0.15, -0.1) is 0 Å². The zero-order valence-electron chi connectivity index (χ0n) is 14.4. The van der Waals surface area contributed by atoms with Crippen LogP contribution in [0, 0.1) is 6.92 Å². The molecule has 3 rings (SSSR count). The molecule has 0 saturated heterocycles. The molecule has 0 atom stereocenters. The first-order valence-electron chi connectivity index (χ1n) is 8.27. The van der Waals surface area contributed by atoms with Gasteiger partial charge in [0.2, 0.25) is 0 Å². The summed E-state index contributed by atoms with van der Waals surface area (Å²) in [6.07, 6.45) is 3.10. The molecule has 2 amide bonds. The topological polar surface area (TPSA) is 71.1 Å². The summed E-state index contributed by atoms with van der Waals surface area (Å²) in [5.74, 6) is -0.457. The van der Waals surface area contributed by atoms with Crippen molar-refractivity contribution < 1.29 is 9.59 Å². The highest BCUT2D eigenvalue weighted by molar-refractivity contribution is 6.04. The summed E-state index contributed by atoms with van der Waals surface area (Å²) in [5.41, 5.74) is 3.71. The number of hydrogen-bond acceptors (Lipinski definition) is 3. The Bertz CT molecular complexity index is 923. The van der Waals surface area contributed by atoms with Gasteiger partial charge >= 0.3 is 0 Å². The zero-order chi connectivity index (χ0) is 18.4. The number of anilines is 1. The maximum Gasteiger partial charge on any atom is 0.257 e. The quantitative estimate of drug-likeness (QED) is 0.742. The van der Waals surface area contributed by atoms with E-state index in [1.807, 2.05) is 31.2 Å². The van der Waals surface area contributed by atoms with Crippen molar-refractivity contribution in [2.45, 2.75) is 13.5 Å². The molecular formula is C21H19N3O2. The Morgan fingerprint density at radius 3 is 2.50 bits per heavy atom. The van der Waals surface area contributed by atoms with Crippen molar-refractivity contribution in [3.8, 4) is 0 Å². The van der Waals surface area contributed by atoms with E-state index in [9.17, 15) is 9.59 Å². The molecule has 0 aliphatic carbocycles. The highest BCUT2D eigenvalue weighted by atomic mass is 16.2. The smallest absolute Gasteiger partial charge is 0.257 e. The minimum atomic E-state index is -0.268. The summed E-state index contributed by atoms with van der Waals surface area (Å²) in [6.45, 7) is 2.47. The molecule has 0 aliphatic heterocycles. The van der Waals surface area contributed by atoms with Crippen LogP contribution in [-0.2, 0) is 6.54 Å². The van der Waals surface area contributed by atoms with E-state index < -0.39 is 0 Å². The number of hydrogen-bond donors (Lipinski definition) is 2. The zero-order valence-corrected chi connectivity index (χ0v) is 14.4. The van der Waals surface area contributed by atoms with Crippen LogP contribution in [0.25, 0.3) is 0 Å². The normalized spacial score (nSPS) is 10.2. The van der Waals surface area contributed by atoms with Crippen LogP contribution >= 0.6 is 0 Å². The van der Waals surface area contributed by atoms with Crippen LogP contribution in [0.1, 0.15) is 31.8 Å². The maximum absolute atomic E-state index is 12.4. The van der Waals surface area contributed by atoms with Gasteiger partial charge in [0.25, 0.3) is 11.8 Å². The van der Waals surface area contributed by atoms with Gasteiger partial charge in [-0.2, -0.15) is 0 Å². The molecule has 0 fully saturated rings. The van der Waals surface area contributed by atoms with Crippen molar-refractivity contribution in [3.05, 3.63) is 95.3 Å². The SMILES string of the molecule is Cc1ccccc1CNC(=O)c1cccc(NC(=O)c2cccnc2)c1.